The van der Waals surface area contributed by atoms with Gasteiger partial charge < -0.3 is 14.6 Å². The molecule has 0 spiro atoms. The number of furan rings is 1. The summed E-state index contributed by atoms with van der Waals surface area (Å²) >= 11 is 0. The first-order chi connectivity index (χ1) is 18.1. The van der Waals surface area contributed by atoms with Gasteiger partial charge in [-0.2, -0.15) is 0 Å². The third kappa shape index (κ3) is 5.59. The van der Waals surface area contributed by atoms with Crippen molar-refractivity contribution < 1.29 is 14.0 Å². The zero-order valence-electron chi connectivity index (χ0n) is 20.4. The summed E-state index contributed by atoms with van der Waals surface area (Å²) in [4.78, 5) is 29.2. The molecule has 3 aromatic carbocycles. The molecule has 2 aromatic heterocycles. The van der Waals surface area contributed by atoms with E-state index in [1.807, 2.05) is 85.8 Å². The van der Waals surface area contributed by atoms with Gasteiger partial charge in [-0.05, 0) is 42.3 Å². The summed E-state index contributed by atoms with van der Waals surface area (Å²) < 4.78 is 6.95. The molecular weight excluding hydrogens is 466 g/mol. The molecule has 37 heavy (non-hydrogen) atoms. The maximum atomic E-state index is 13.9. The first-order valence-electron chi connectivity index (χ1n) is 12.1. The van der Waals surface area contributed by atoms with E-state index < -0.39 is 6.04 Å². The van der Waals surface area contributed by atoms with Crippen molar-refractivity contribution in [1.29, 1.82) is 0 Å². The van der Waals surface area contributed by atoms with Crippen LogP contribution in [-0.4, -0.2) is 31.7 Å². The number of carbonyl (C=O) groups is 2. The summed E-state index contributed by atoms with van der Waals surface area (Å²) in [5, 5.41) is 11.3. The Morgan fingerprint density at radius 3 is 2.46 bits per heavy atom. The highest BCUT2D eigenvalue weighted by molar-refractivity contribution is 5.89. The number of hydrogen-bond donors (Lipinski definition) is 1. The summed E-state index contributed by atoms with van der Waals surface area (Å²) in [7, 11) is 0. The molecule has 1 N–H and O–H groups in total. The van der Waals surface area contributed by atoms with Gasteiger partial charge in [0.1, 0.15) is 23.9 Å². The predicted molar refractivity (Wildman–Crippen MR) is 139 cm³/mol. The molecule has 2 amide bonds. The van der Waals surface area contributed by atoms with Gasteiger partial charge in [-0.3, -0.25) is 9.59 Å². The summed E-state index contributed by atoms with van der Waals surface area (Å²) in [5.41, 5.74) is 4.21. The number of amides is 2. The third-order valence-corrected chi connectivity index (χ3v) is 6.19. The number of carbonyl (C=O) groups excluding carboxylic acids is 2. The van der Waals surface area contributed by atoms with Crippen LogP contribution in [0.4, 0.5) is 0 Å². The monoisotopic (exact) mass is 493 g/mol. The van der Waals surface area contributed by atoms with Crippen LogP contribution < -0.4 is 5.32 Å². The second kappa shape index (κ2) is 10.9. The van der Waals surface area contributed by atoms with E-state index in [-0.39, 0.29) is 31.4 Å². The fraction of sp³-hybridized carbons (Fsp3) is 0.172. The van der Waals surface area contributed by atoms with E-state index in [1.54, 1.807) is 28.0 Å². The van der Waals surface area contributed by atoms with E-state index in [9.17, 15) is 9.59 Å². The van der Waals surface area contributed by atoms with Gasteiger partial charge in [-0.15, -0.1) is 5.10 Å². The van der Waals surface area contributed by atoms with Crippen LogP contribution in [0.25, 0.3) is 11.0 Å². The lowest BCUT2D eigenvalue weighted by Gasteiger charge is -2.31. The molecule has 0 unspecified atom stereocenters. The Hall–Kier alpha value is -4.72. The second-order valence-corrected chi connectivity index (χ2v) is 8.85. The van der Waals surface area contributed by atoms with Crippen LogP contribution in [0, 0.1) is 6.92 Å². The predicted octanol–water partition coefficient (Wildman–Crippen LogP) is 4.42. The number of aryl methyl sites for hydroxylation is 1. The number of para-hydroxylation sites is 1. The number of aromatic nitrogens is 3. The molecule has 1 atom stereocenters. The molecule has 0 bridgehead atoms. The van der Waals surface area contributed by atoms with Gasteiger partial charge in [-0.1, -0.05) is 77.5 Å². The van der Waals surface area contributed by atoms with Gasteiger partial charge in [-0.25, -0.2) is 4.68 Å². The first-order valence-corrected chi connectivity index (χ1v) is 12.1. The van der Waals surface area contributed by atoms with Gasteiger partial charge in [0.25, 0.3) is 0 Å². The minimum atomic E-state index is -0.861. The van der Waals surface area contributed by atoms with Crippen LogP contribution in [0.5, 0.6) is 0 Å². The lowest BCUT2D eigenvalue weighted by molar-refractivity contribution is -0.142. The molecule has 0 radical (unpaired) electrons. The number of rotatable bonds is 9. The lowest BCUT2D eigenvalue weighted by Crippen LogP contribution is -2.44. The number of benzene rings is 3. The standard InChI is InChI=1S/C29H27N5O3/c1-21-13-15-22(16-14-21)19-33(27(35)20-34-26-12-6-5-11-25(26)31-32-34)28(23-8-3-2-4-9-23)29(36)30-18-24-10-7-17-37-24/h2-17,28H,18-20H2,1H3,(H,30,36)/t28-/m1/s1. The molecule has 8 heteroatoms. The van der Waals surface area contributed by atoms with Crippen LogP contribution in [0.3, 0.4) is 0 Å². The van der Waals surface area contributed by atoms with E-state index >= 15 is 0 Å². The number of hydrogen-bond acceptors (Lipinski definition) is 5. The van der Waals surface area contributed by atoms with Crippen LogP contribution >= 0.6 is 0 Å². The minimum absolute atomic E-state index is 0.0544. The van der Waals surface area contributed by atoms with Crippen molar-refractivity contribution in [3.63, 3.8) is 0 Å². The normalized spacial score (nSPS) is 11.8. The van der Waals surface area contributed by atoms with Crippen molar-refractivity contribution in [3.05, 3.63) is 120 Å². The molecule has 0 fully saturated rings. The average Bonchev–Trinajstić information content (AvgIpc) is 3.59. The van der Waals surface area contributed by atoms with E-state index in [4.69, 9.17) is 4.42 Å². The Morgan fingerprint density at radius 2 is 1.70 bits per heavy atom. The molecule has 5 aromatic rings. The topological polar surface area (TPSA) is 93.3 Å². The third-order valence-electron chi connectivity index (χ3n) is 6.19. The van der Waals surface area contributed by atoms with E-state index in [0.717, 1.165) is 16.6 Å². The lowest BCUT2D eigenvalue weighted by atomic mass is 10.0. The molecule has 186 valence electrons. The first kappa shape index (κ1) is 24.0. The molecule has 5 rings (SSSR count). The van der Waals surface area contributed by atoms with Crippen LogP contribution in [0.1, 0.15) is 28.5 Å². The Kier molecular flexibility index (Phi) is 7.07. The van der Waals surface area contributed by atoms with Gasteiger partial charge in [0.2, 0.25) is 11.8 Å². The largest absolute Gasteiger partial charge is 0.467 e. The Labute approximate surface area is 214 Å². The number of fused-ring (bicyclic) bond motifs is 1. The molecule has 0 aliphatic rings. The Bertz CT molecular complexity index is 1480. The summed E-state index contributed by atoms with van der Waals surface area (Å²) in [5.74, 6) is 0.0791. The molecule has 0 aliphatic heterocycles. The van der Waals surface area contributed by atoms with Crippen molar-refractivity contribution in [2.75, 3.05) is 0 Å². The van der Waals surface area contributed by atoms with Crippen LogP contribution in [-0.2, 0) is 29.2 Å². The minimum Gasteiger partial charge on any atom is -0.467 e. The van der Waals surface area contributed by atoms with Crippen molar-refractivity contribution in [2.24, 2.45) is 0 Å². The Balaban J connectivity index is 1.50. The van der Waals surface area contributed by atoms with Crippen LogP contribution in [0.2, 0.25) is 0 Å². The van der Waals surface area contributed by atoms with E-state index in [0.29, 0.717) is 16.8 Å². The second-order valence-electron chi connectivity index (χ2n) is 8.85. The zero-order chi connectivity index (χ0) is 25.6. The Morgan fingerprint density at radius 1 is 0.946 bits per heavy atom. The van der Waals surface area contributed by atoms with Gasteiger partial charge >= 0.3 is 0 Å². The van der Waals surface area contributed by atoms with Crippen molar-refractivity contribution in [1.82, 2.24) is 25.2 Å². The average molecular weight is 494 g/mol. The zero-order valence-corrected chi connectivity index (χ0v) is 20.4. The maximum Gasteiger partial charge on any atom is 0.247 e. The fourth-order valence-corrected chi connectivity index (χ4v) is 4.26. The molecule has 0 saturated carbocycles. The van der Waals surface area contributed by atoms with Gasteiger partial charge in [0, 0.05) is 6.54 Å². The van der Waals surface area contributed by atoms with Crippen LogP contribution in [0.15, 0.2) is 102 Å². The smallest absolute Gasteiger partial charge is 0.247 e. The molecule has 0 aliphatic carbocycles. The van der Waals surface area contributed by atoms with Gasteiger partial charge in [0.15, 0.2) is 0 Å². The van der Waals surface area contributed by atoms with Gasteiger partial charge in [0.05, 0.1) is 18.3 Å². The highest BCUT2D eigenvalue weighted by Gasteiger charge is 2.32. The van der Waals surface area contributed by atoms with Crippen molar-refractivity contribution in [3.8, 4) is 0 Å². The number of nitrogens with one attached hydrogen (secondary N) is 1. The summed E-state index contributed by atoms with van der Waals surface area (Å²) in [6, 6.07) is 27.5. The molecule has 8 nitrogen and oxygen atoms in total. The SMILES string of the molecule is Cc1ccc(CN(C(=O)Cn2nnc3ccccc32)[C@@H](C(=O)NCc2ccco2)c2ccccc2)cc1. The van der Waals surface area contributed by atoms with E-state index in [2.05, 4.69) is 15.6 Å². The summed E-state index contributed by atoms with van der Waals surface area (Å²) in [6.07, 6.45) is 1.56. The highest BCUT2D eigenvalue weighted by Crippen LogP contribution is 2.25. The fourth-order valence-electron chi connectivity index (χ4n) is 4.26. The highest BCUT2D eigenvalue weighted by atomic mass is 16.3. The summed E-state index contributed by atoms with van der Waals surface area (Å²) in [6.45, 7) is 2.42. The number of nitrogens with zero attached hydrogens (tertiary/aromatic N) is 4. The van der Waals surface area contributed by atoms with Crippen molar-refractivity contribution >= 4 is 22.8 Å². The quantitative estimate of drug-likeness (QED) is 0.328. The molecule has 0 saturated heterocycles. The molecular formula is C29H27N5O3. The molecule has 2 heterocycles. The maximum absolute atomic E-state index is 13.9. The van der Waals surface area contributed by atoms with Crippen molar-refractivity contribution in [2.45, 2.75) is 32.6 Å². The van der Waals surface area contributed by atoms with E-state index in [1.165, 1.54) is 0 Å².